The molecular weight excluding hydrogens is 378 g/mol. The van der Waals surface area contributed by atoms with E-state index in [1.54, 1.807) is 14.2 Å². The SMILES string of the molecule is CCCCN1CCc2c(c3cc(OC)c(CO)cc3c3cc(CO)c(OC)cc23)C1. The number of methoxy groups -OCH3 is 2. The third kappa shape index (κ3) is 3.51. The molecule has 1 aliphatic heterocycles. The Balaban J connectivity index is 2.04. The van der Waals surface area contributed by atoms with Gasteiger partial charge in [-0.1, -0.05) is 13.3 Å². The van der Waals surface area contributed by atoms with Gasteiger partial charge in [0.05, 0.1) is 27.4 Å². The Bertz CT molecular complexity index is 1080. The first-order valence-corrected chi connectivity index (χ1v) is 10.7. The van der Waals surface area contributed by atoms with E-state index in [9.17, 15) is 10.2 Å². The molecule has 1 heterocycles. The fourth-order valence-electron chi connectivity index (χ4n) is 4.76. The summed E-state index contributed by atoms with van der Waals surface area (Å²) in [6.45, 7) is 5.13. The number of aliphatic hydroxyl groups is 2. The van der Waals surface area contributed by atoms with Crippen molar-refractivity contribution in [2.45, 2.75) is 45.9 Å². The summed E-state index contributed by atoms with van der Waals surface area (Å²) in [6, 6.07) is 8.22. The fourth-order valence-corrected chi connectivity index (χ4v) is 4.76. The van der Waals surface area contributed by atoms with Crippen molar-refractivity contribution >= 4 is 21.5 Å². The van der Waals surface area contributed by atoms with E-state index in [1.807, 2.05) is 12.1 Å². The maximum Gasteiger partial charge on any atom is 0.125 e. The van der Waals surface area contributed by atoms with E-state index < -0.39 is 0 Å². The summed E-state index contributed by atoms with van der Waals surface area (Å²) in [4.78, 5) is 2.53. The summed E-state index contributed by atoms with van der Waals surface area (Å²) in [6.07, 6.45) is 3.38. The van der Waals surface area contributed by atoms with E-state index in [-0.39, 0.29) is 13.2 Å². The van der Waals surface area contributed by atoms with Gasteiger partial charge in [0.25, 0.3) is 0 Å². The minimum atomic E-state index is -0.0800. The largest absolute Gasteiger partial charge is 0.496 e. The second kappa shape index (κ2) is 8.80. The third-order valence-corrected chi connectivity index (χ3v) is 6.37. The summed E-state index contributed by atoms with van der Waals surface area (Å²) in [5.74, 6) is 1.43. The van der Waals surface area contributed by atoms with Crippen LogP contribution in [0.25, 0.3) is 21.5 Å². The first-order valence-electron chi connectivity index (χ1n) is 10.7. The minimum Gasteiger partial charge on any atom is -0.496 e. The van der Waals surface area contributed by atoms with Gasteiger partial charge in [-0.15, -0.1) is 0 Å². The van der Waals surface area contributed by atoms with Crippen molar-refractivity contribution in [1.29, 1.82) is 0 Å². The Kier molecular flexibility index (Phi) is 6.14. The topological polar surface area (TPSA) is 62.2 Å². The monoisotopic (exact) mass is 409 g/mol. The molecule has 3 aromatic rings. The molecule has 0 radical (unpaired) electrons. The Morgan fingerprint density at radius 2 is 1.40 bits per heavy atom. The molecule has 5 heteroatoms. The Hall–Kier alpha value is -2.34. The smallest absolute Gasteiger partial charge is 0.125 e. The first kappa shape index (κ1) is 20.9. The van der Waals surface area contributed by atoms with Gasteiger partial charge in [-0.05, 0) is 76.3 Å². The van der Waals surface area contributed by atoms with Crippen LogP contribution >= 0.6 is 0 Å². The molecule has 30 heavy (non-hydrogen) atoms. The van der Waals surface area contributed by atoms with Crippen molar-refractivity contribution in [3.63, 3.8) is 0 Å². The van der Waals surface area contributed by atoms with E-state index in [2.05, 4.69) is 24.0 Å². The van der Waals surface area contributed by atoms with Crippen LogP contribution in [-0.2, 0) is 26.2 Å². The zero-order valence-electron chi connectivity index (χ0n) is 18.1. The van der Waals surface area contributed by atoms with Gasteiger partial charge in [0.2, 0.25) is 0 Å². The van der Waals surface area contributed by atoms with Crippen LogP contribution in [-0.4, -0.2) is 42.4 Å². The standard InChI is InChI=1S/C25H31NO4/c1-4-5-7-26-8-6-18-21-11-24(29-2)16(14-27)9-19(21)20-10-17(15-28)25(30-3)12-22(20)23(18)13-26/h9-12,27-28H,4-8,13-15H2,1-3H3. The first-order chi connectivity index (χ1) is 14.6. The van der Waals surface area contributed by atoms with Crippen molar-refractivity contribution in [3.05, 3.63) is 46.5 Å². The number of fused-ring (bicyclic) bond motifs is 6. The normalized spacial score (nSPS) is 14.3. The second-order valence-corrected chi connectivity index (χ2v) is 8.07. The van der Waals surface area contributed by atoms with Gasteiger partial charge in [-0.2, -0.15) is 0 Å². The highest BCUT2D eigenvalue weighted by Gasteiger charge is 2.23. The van der Waals surface area contributed by atoms with Gasteiger partial charge in [0.1, 0.15) is 11.5 Å². The van der Waals surface area contributed by atoms with Crippen LogP contribution in [0, 0.1) is 0 Å². The molecule has 0 aliphatic carbocycles. The average molecular weight is 410 g/mol. The van der Waals surface area contributed by atoms with Crippen molar-refractivity contribution in [2.75, 3.05) is 27.3 Å². The molecule has 0 spiro atoms. The molecule has 2 N–H and O–H groups in total. The summed E-state index contributed by atoms with van der Waals surface area (Å²) in [5.41, 5.74) is 4.23. The molecule has 0 bridgehead atoms. The number of aliphatic hydroxyl groups excluding tert-OH is 2. The van der Waals surface area contributed by atoms with Crippen molar-refractivity contribution in [3.8, 4) is 11.5 Å². The number of benzene rings is 3. The average Bonchev–Trinajstić information content (AvgIpc) is 2.80. The van der Waals surface area contributed by atoms with E-state index in [0.29, 0.717) is 5.75 Å². The number of nitrogens with zero attached hydrogens (tertiary/aromatic N) is 1. The van der Waals surface area contributed by atoms with Crippen LogP contribution in [0.1, 0.15) is 42.0 Å². The Labute approximate surface area is 177 Å². The predicted molar refractivity (Wildman–Crippen MR) is 120 cm³/mol. The minimum absolute atomic E-state index is 0.0779. The highest BCUT2D eigenvalue weighted by atomic mass is 16.5. The van der Waals surface area contributed by atoms with Crippen LogP contribution in [0.3, 0.4) is 0 Å². The van der Waals surface area contributed by atoms with Crippen molar-refractivity contribution < 1.29 is 19.7 Å². The lowest BCUT2D eigenvalue weighted by atomic mass is 9.86. The Morgan fingerprint density at radius 3 is 1.90 bits per heavy atom. The van der Waals surface area contributed by atoms with Gasteiger partial charge in [-0.3, -0.25) is 4.90 Å². The second-order valence-electron chi connectivity index (χ2n) is 8.07. The molecule has 0 saturated carbocycles. The molecule has 0 unspecified atom stereocenters. The molecule has 3 aromatic carbocycles. The maximum atomic E-state index is 9.89. The summed E-state index contributed by atoms with van der Waals surface area (Å²) in [5, 5.41) is 24.3. The number of unbranched alkanes of at least 4 members (excludes halogenated alkanes) is 1. The molecule has 0 amide bonds. The van der Waals surface area contributed by atoms with Gasteiger partial charge >= 0.3 is 0 Å². The molecule has 160 valence electrons. The van der Waals surface area contributed by atoms with Gasteiger partial charge in [-0.25, -0.2) is 0 Å². The van der Waals surface area contributed by atoms with Gasteiger partial charge in [0, 0.05) is 24.2 Å². The number of hydrogen-bond donors (Lipinski definition) is 2. The van der Waals surface area contributed by atoms with E-state index in [0.717, 1.165) is 53.7 Å². The number of ether oxygens (including phenoxy) is 2. The molecule has 0 aromatic heterocycles. The molecular formula is C25H31NO4. The zero-order chi connectivity index (χ0) is 21.3. The third-order valence-electron chi connectivity index (χ3n) is 6.37. The molecule has 4 rings (SSSR count). The quantitative estimate of drug-likeness (QED) is 0.574. The van der Waals surface area contributed by atoms with Gasteiger partial charge in [0.15, 0.2) is 0 Å². The lowest BCUT2D eigenvalue weighted by Gasteiger charge is -2.31. The highest BCUT2D eigenvalue weighted by Crippen LogP contribution is 2.41. The fraction of sp³-hybridized carbons (Fsp3) is 0.440. The number of hydrogen-bond acceptors (Lipinski definition) is 5. The van der Waals surface area contributed by atoms with Crippen molar-refractivity contribution in [1.82, 2.24) is 4.90 Å². The maximum absolute atomic E-state index is 9.89. The van der Waals surface area contributed by atoms with Crippen LogP contribution in [0.5, 0.6) is 11.5 Å². The molecule has 0 fully saturated rings. The summed E-state index contributed by atoms with van der Waals surface area (Å²) < 4.78 is 11.2. The van der Waals surface area contributed by atoms with Crippen LogP contribution in [0.15, 0.2) is 24.3 Å². The summed E-state index contributed by atoms with van der Waals surface area (Å²) >= 11 is 0. The molecule has 5 nitrogen and oxygen atoms in total. The van der Waals surface area contributed by atoms with E-state index in [1.165, 1.54) is 34.7 Å². The lowest BCUT2D eigenvalue weighted by molar-refractivity contribution is 0.252. The van der Waals surface area contributed by atoms with Crippen LogP contribution < -0.4 is 9.47 Å². The molecule has 0 saturated heterocycles. The summed E-state index contributed by atoms with van der Waals surface area (Å²) in [7, 11) is 3.30. The van der Waals surface area contributed by atoms with E-state index >= 15 is 0 Å². The zero-order valence-corrected chi connectivity index (χ0v) is 18.1. The van der Waals surface area contributed by atoms with Crippen LogP contribution in [0.2, 0.25) is 0 Å². The highest BCUT2D eigenvalue weighted by molar-refractivity contribution is 6.12. The predicted octanol–water partition coefficient (Wildman–Crippen LogP) is 4.15. The van der Waals surface area contributed by atoms with Crippen LogP contribution in [0.4, 0.5) is 0 Å². The van der Waals surface area contributed by atoms with Gasteiger partial charge < -0.3 is 19.7 Å². The Morgan fingerprint density at radius 1 is 0.833 bits per heavy atom. The van der Waals surface area contributed by atoms with E-state index in [4.69, 9.17) is 9.47 Å². The molecule has 1 aliphatic rings. The lowest BCUT2D eigenvalue weighted by Crippen LogP contribution is -2.31. The molecule has 0 atom stereocenters. The number of rotatable bonds is 7. The van der Waals surface area contributed by atoms with Crippen molar-refractivity contribution in [2.24, 2.45) is 0 Å².